The number of rotatable bonds is 4. The SMILES string of the molecule is CCCNC(=O)[C@]1(O)c2cc(Br)ccc2NC(=O)N1c1ccc(Cl)cc1. The number of nitrogens with one attached hydrogen (secondary N) is 2. The topological polar surface area (TPSA) is 81.7 Å². The summed E-state index contributed by atoms with van der Waals surface area (Å²) in [5.41, 5.74) is -1.22. The molecule has 0 saturated carbocycles. The Kier molecular flexibility index (Phi) is 5.22. The number of aliphatic hydroxyl groups is 1. The van der Waals surface area contributed by atoms with Gasteiger partial charge in [0.05, 0.1) is 5.69 Å². The molecule has 26 heavy (non-hydrogen) atoms. The van der Waals surface area contributed by atoms with E-state index in [4.69, 9.17) is 11.6 Å². The lowest BCUT2D eigenvalue weighted by Gasteiger charge is -2.42. The van der Waals surface area contributed by atoms with Gasteiger partial charge >= 0.3 is 6.03 Å². The van der Waals surface area contributed by atoms with Gasteiger partial charge in [0.15, 0.2) is 0 Å². The Balaban J connectivity index is 2.19. The molecule has 3 amide bonds. The molecule has 2 aromatic rings. The van der Waals surface area contributed by atoms with Gasteiger partial charge in [-0.05, 0) is 48.9 Å². The molecule has 1 aliphatic rings. The molecule has 0 fully saturated rings. The molecule has 136 valence electrons. The van der Waals surface area contributed by atoms with E-state index in [9.17, 15) is 14.7 Å². The van der Waals surface area contributed by atoms with Crippen molar-refractivity contribution in [2.75, 3.05) is 16.8 Å². The minimum absolute atomic E-state index is 0.273. The normalized spacial score (nSPS) is 18.9. The van der Waals surface area contributed by atoms with E-state index in [-0.39, 0.29) is 5.56 Å². The third kappa shape index (κ3) is 3.18. The first-order chi connectivity index (χ1) is 12.4. The number of hydrogen-bond donors (Lipinski definition) is 3. The Morgan fingerprint density at radius 3 is 2.65 bits per heavy atom. The first kappa shape index (κ1) is 18.7. The largest absolute Gasteiger partial charge is 0.359 e. The number of halogens is 2. The molecule has 0 radical (unpaired) electrons. The van der Waals surface area contributed by atoms with E-state index in [1.54, 1.807) is 42.5 Å². The third-order valence-electron chi connectivity index (χ3n) is 4.06. The number of anilines is 2. The van der Waals surface area contributed by atoms with Crippen molar-refractivity contribution in [3.05, 3.63) is 57.5 Å². The van der Waals surface area contributed by atoms with Crippen molar-refractivity contribution in [3.8, 4) is 0 Å². The first-order valence-electron chi connectivity index (χ1n) is 8.05. The second-order valence-corrected chi connectivity index (χ2v) is 7.21. The molecule has 0 bridgehead atoms. The van der Waals surface area contributed by atoms with Gasteiger partial charge in [-0.3, -0.25) is 9.69 Å². The van der Waals surface area contributed by atoms with E-state index in [2.05, 4.69) is 26.6 Å². The van der Waals surface area contributed by atoms with Crippen LogP contribution >= 0.6 is 27.5 Å². The fraction of sp³-hybridized carbons (Fsp3) is 0.222. The molecule has 6 nitrogen and oxygen atoms in total. The molecule has 0 aliphatic carbocycles. The van der Waals surface area contributed by atoms with Crippen molar-refractivity contribution in [1.82, 2.24) is 5.32 Å². The molecule has 0 unspecified atom stereocenters. The summed E-state index contributed by atoms with van der Waals surface area (Å²) < 4.78 is 0.671. The van der Waals surface area contributed by atoms with Gasteiger partial charge in [-0.25, -0.2) is 4.79 Å². The van der Waals surface area contributed by atoms with Gasteiger partial charge in [0.25, 0.3) is 11.6 Å². The van der Waals surface area contributed by atoms with Crippen molar-refractivity contribution < 1.29 is 14.7 Å². The van der Waals surface area contributed by atoms with Crippen molar-refractivity contribution in [2.45, 2.75) is 19.1 Å². The van der Waals surface area contributed by atoms with Crippen LogP contribution < -0.4 is 15.5 Å². The predicted molar refractivity (Wildman–Crippen MR) is 104 cm³/mol. The molecular weight excluding hydrogens is 422 g/mol. The monoisotopic (exact) mass is 437 g/mol. The second kappa shape index (κ2) is 7.26. The van der Waals surface area contributed by atoms with Crippen molar-refractivity contribution in [3.63, 3.8) is 0 Å². The quantitative estimate of drug-likeness (QED) is 0.678. The second-order valence-electron chi connectivity index (χ2n) is 5.86. The average Bonchev–Trinajstić information content (AvgIpc) is 2.62. The minimum atomic E-state index is -2.20. The Bertz CT molecular complexity index is 859. The van der Waals surface area contributed by atoms with E-state index >= 15 is 0 Å². The number of carbonyl (C=O) groups excluding carboxylic acids is 2. The van der Waals surface area contributed by atoms with Crippen molar-refractivity contribution in [1.29, 1.82) is 0 Å². The Labute approximate surface area is 164 Å². The summed E-state index contributed by atoms with van der Waals surface area (Å²) in [5.74, 6) is -0.677. The summed E-state index contributed by atoms with van der Waals surface area (Å²) in [7, 11) is 0. The minimum Gasteiger partial charge on any atom is -0.359 e. The van der Waals surface area contributed by atoms with E-state index in [0.717, 1.165) is 4.90 Å². The van der Waals surface area contributed by atoms with Gasteiger partial charge in [-0.2, -0.15) is 0 Å². The summed E-state index contributed by atoms with van der Waals surface area (Å²) in [5, 5.41) is 17.4. The number of fused-ring (bicyclic) bond motifs is 1. The fourth-order valence-corrected chi connectivity index (χ4v) is 3.32. The summed E-state index contributed by atoms with van der Waals surface area (Å²) in [6.07, 6.45) is 0.695. The van der Waals surface area contributed by atoms with Gasteiger partial charge < -0.3 is 15.7 Å². The molecule has 0 spiro atoms. The highest BCUT2D eigenvalue weighted by Gasteiger charge is 2.52. The number of benzene rings is 2. The predicted octanol–water partition coefficient (Wildman–Crippen LogP) is 3.83. The van der Waals surface area contributed by atoms with Crippen LogP contribution in [0.25, 0.3) is 0 Å². The van der Waals surface area contributed by atoms with E-state index in [1.165, 1.54) is 0 Å². The standard InChI is InChI=1S/C18H17BrClN3O3/c1-2-9-21-16(24)18(26)14-10-11(19)3-8-15(14)22-17(25)23(18)13-6-4-12(20)5-7-13/h3-8,10,26H,2,9H2,1H3,(H,21,24)(H,22,25)/t18-/m1/s1. The maximum atomic E-state index is 12.9. The molecular formula is C18H17BrClN3O3. The van der Waals surface area contributed by atoms with Gasteiger partial charge in [0.2, 0.25) is 0 Å². The Morgan fingerprint density at radius 1 is 1.31 bits per heavy atom. The van der Waals surface area contributed by atoms with Crippen molar-refractivity contribution >= 4 is 50.8 Å². The summed E-state index contributed by atoms with van der Waals surface area (Å²) >= 11 is 9.28. The molecule has 3 rings (SSSR count). The number of urea groups is 1. The number of amides is 3. The van der Waals surface area contributed by atoms with Gasteiger partial charge in [-0.1, -0.05) is 34.5 Å². The van der Waals surface area contributed by atoms with Crippen molar-refractivity contribution in [2.24, 2.45) is 0 Å². The van der Waals surface area contributed by atoms with Crippen LogP contribution in [-0.4, -0.2) is 23.6 Å². The molecule has 0 saturated heterocycles. The van der Waals surface area contributed by atoms with E-state index in [1.807, 2.05) is 6.92 Å². The summed E-state index contributed by atoms with van der Waals surface area (Å²) in [6, 6.07) is 10.7. The van der Waals surface area contributed by atoms with Crippen LogP contribution in [0.2, 0.25) is 5.02 Å². The summed E-state index contributed by atoms with van der Waals surface area (Å²) in [4.78, 5) is 26.7. The van der Waals surface area contributed by atoms with Crippen LogP contribution in [0.15, 0.2) is 46.9 Å². The van der Waals surface area contributed by atoms with Gasteiger partial charge in [-0.15, -0.1) is 0 Å². The molecule has 3 N–H and O–H groups in total. The highest BCUT2D eigenvalue weighted by molar-refractivity contribution is 9.10. The number of nitrogens with zero attached hydrogens (tertiary/aromatic N) is 1. The molecule has 1 heterocycles. The molecule has 0 aromatic heterocycles. The molecule has 1 atom stereocenters. The molecule has 1 aliphatic heterocycles. The van der Waals surface area contributed by atoms with E-state index in [0.29, 0.717) is 33.8 Å². The third-order valence-corrected chi connectivity index (χ3v) is 4.81. The van der Waals surface area contributed by atoms with Crippen LogP contribution in [0.3, 0.4) is 0 Å². The van der Waals surface area contributed by atoms with Crippen LogP contribution in [0.1, 0.15) is 18.9 Å². The number of hydrogen-bond acceptors (Lipinski definition) is 3. The fourth-order valence-electron chi connectivity index (χ4n) is 2.83. The lowest BCUT2D eigenvalue weighted by molar-refractivity contribution is -0.140. The zero-order valence-corrected chi connectivity index (χ0v) is 16.3. The maximum Gasteiger partial charge on any atom is 0.329 e. The Hall–Kier alpha value is -2.09. The first-order valence-corrected chi connectivity index (χ1v) is 9.22. The highest BCUT2D eigenvalue weighted by atomic mass is 79.9. The van der Waals surface area contributed by atoms with Crippen LogP contribution in [0.4, 0.5) is 16.2 Å². The van der Waals surface area contributed by atoms with Crippen LogP contribution in [0.5, 0.6) is 0 Å². The zero-order valence-electron chi connectivity index (χ0n) is 13.9. The number of carbonyl (C=O) groups is 2. The maximum absolute atomic E-state index is 12.9. The van der Waals surface area contributed by atoms with Gasteiger partial charge in [0, 0.05) is 27.3 Å². The molecule has 8 heteroatoms. The lowest BCUT2D eigenvalue weighted by Crippen LogP contribution is -2.62. The van der Waals surface area contributed by atoms with Crippen LogP contribution in [0, 0.1) is 0 Å². The summed E-state index contributed by atoms with van der Waals surface area (Å²) in [6.45, 7) is 2.28. The lowest BCUT2D eigenvalue weighted by atomic mass is 9.94. The smallest absolute Gasteiger partial charge is 0.329 e. The van der Waals surface area contributed by atoms with E-state index < -0.39 is 17.7 Å². The van der Waals surface area contributed by atoms with Crippen LogP contribution in [-0.2, 0) is 10.5 Å². The molecule has 2 aromatic carbocycles. The average molecular weight is 439 g/mol. The Morgan fingerprint density at radius 2 is 2.00 bits per heavy atom. The zero-order chi connectivity index (χ0) is 18.9. The highest BCUT2D eigenvalue weighted by Crippen LogP contribution is 2.41. The van der Waals surface area contributed by atoms with Gasteiger partial charge in [0.1, 0.15) is 0 Å².